The molecule has 18 heavy (non-hydrogen) atoms. The van der Waals surface area contributed by atoms with E-state index in [1.807, 2.05) is 0 Å². The normalized spacial score (nSPS) is 26.4. The Balaban J connectivity index is 1.85. The number of hydrogen-bond acceptors (Lipinski definition) is 4. The van der Waals surface area contributed by atoms with Crippen LogP contribution in [-0.4, -0.2) is 60.0 Å². The quantitative estimate of drug-likeness (QED) is 0.833. The molecule has 2 saturated heterocycles. The van der Waals surface area contributed by atoms with Gasteiger partial charge in [0.15, 0.2) is 0 Å². The molecule has 0 aromatic carbocycles. The molecule has 3 heterocycles. The standard InChI is InChI=1S/C11H18N4O2S/c1-9-11(7-12-13-9)18(16,17)15-6-5-14-4-2-3-10(14)8-15/h7,10H,2-6,8H2,1H3,(H,12,13)/t10-/m1/s1. The predicted octanol–water partition coefficient (Wildman–Crippen LogP) is 0.187. The van der Waals surface area contributed by atoms with Gasteiger partial charge >= 0.3 is 0 Å². The van der Waals surface area contributed by atoms with E-state index < -0.39 is 10.0 Å². The third kappa shape index (κ3) is 1.86. The summed E-state index contributed by atoms with van der Waals surface area (Å²) in [5.41, 5.74) is 0.615. The number of sulfonamides is 1. The van der Waals surface area contributed by atoms with Crippen molar-refractivity contribution in [3.63, 3.8) is 0 Å². The minimum Gasteiger partial charge on any atom is -0.298 e. The summed E-state index contributed by atoms with van der Waals surface area (Å²) in [6.07, 6.45) is 3.70. The summed E-state index contributed by atoms with van der Waals surface area (Å²) < 4.78 is 26.6. The molecule has 2 aliphatic heterocycles. The van der Waals surface area contributed by atoms with E-state index in [-0.39, 0.29) is 0 Å². The van der Waals surface area contributed by atoms with Crippen molar-refractivity contribution < 1.29 is 8.42 Å². The van der Waals surface area contributed by atoms with Gasteiger partial charge in [0.2, 0.25) is 10.0 Å². The molecule has 0 bridgehead atoms. The molecule has 0 amide bonds. The molecule has 1 aromatic rings. The highest BCUT2D eigenvalue weighted by Crippen LogP contribution is 2.26. The lowest BCUT2D eigenvalue weighted by atomic mass is 10.2. The zero-order valence-electron chi connectivity index (χ0n) is 10.5. The highest BCUT2D eigenvalue weighted by molar-refractivity contribution is 7.89. The van der Waals surface area contributed by atoms with Crippen molar-refractivity contribution in [2.24, 2.45) is 0 Å². The summed E-state index contributed by atoms with van der Waals surface area (Å²) in [5.74, 6) is 0. The van der Waals surface area contributed by atoms with Crippen molar-refractivity contribution in [1.82, 2.24) is 19.4 Å². The largest absolute Gasteiger partial charge is 0.298 e. The van der Waals surface area contributed by atoms with Crippen LogP contribution >= 0.6 is 0 Å². The highest BCUT2D eigenvalue weighted by atomic mass is 32.2. The third-order valence-electron chi connectivity index (χ3n) is 3.95. The first-order chi connectivity index (χ1) is 8.59. The Morgan fingerprint density at radius 2 is 2.22 bits per heavy atom. The fraction of sp³-hybridized carbons (Fsp3) is 0.727. The molecule has 1 N–H and O–H groups in total. The van der Waals surface area contributed by atoms with Crippen LogP contribution in [0.3, 0.4) is 0 Å². The van der Waals surface area contributed by atoms with Gasteiger partial charge in [-0.3, -0.25) is 10.00 Å². The fourth-order valence-electron chi connectivity index (χ4n) is 2.92. The van der Waals surface area contributed by atoms with Crippen LogP contribution in [0, 0.1) is 6.92 Å². The van der Waals surface area contributed by atoms with E-state index in [1.165, 1.54) is 12.6 Å². The zero-order chi connectivity index (χ0) is 12.8. The van der Waals surface area contributed by atoms with Gasteiger partial charge in [-0.05, 0) is 26.3 Å². The predicted molar refractivity (Wildman–Crippen MR) is 66.7 cm³/mol. The molecule has 100 valence electrons. The first-order valence-electron chi connectivity index (χ1n) is 6.33. The minimum absolute atomic E-state index is 0.314. The Bertz CT molecular complexity index is 539. The van der Waals surface area contributed by atoms with Gasteiger partial charge in [0.05, 0.1) is 11.9 Å². The molecule has 7 heteroatoms. The lowest BCUT2D eigenvalue weighted by Gasteiger charge is -2.36. The molecular formula is C11H18N4O2S. The van der Waals surface area contributed by atoms with Crippen molar-refractivity contribution in [3.05, 3.63) is 11.9 Å². The number of aryl methyl sites for hydroxylation is 1. The van der Waals surface area contributed by atoms with Crippen LogP contribution in [0.4, 0.5) is 0 Å². The van der Waals surface area contributed by atoms with Crippen LogP contribution in [0.25, 0.3) is 0 Å². The Labute approximate surface area is 107 Å². The summed E-state index contributed by atoms with van der Waals surface area (Å²) in [7, 11) is -3.38. The van der Waals surface area contributed by atoms with Crippen molar-refractivity contribution >= 4 is 10.0 Å². The number of nitrogens with one attached hydrogen (secondary N) is 1. The number of aromatic amines is 1. The average molecular weight is 270 g/mol. The summed E-state index contributed by atoms with van der Waals surface area (Å²) in [6, 6.07) is 0.403. The van der Waals surface area contributed by atoms with Gasteiger partial charge < -0.3 is 0 Å². The third-order valence-corrected chi connectivity index (χ3v) is 5.93. The maximum atomic E-state index is 12.5. The first-order valence-corrected chi connectivity index (χ1v) is 7.77. The molecule has 1 aromatic heterocycles. The molecule has 0 saturated carbocycles. The Morgan fingerprint density at radius 1 is 1.39 bits per heavy atom. The first kappa shape index (κ1) is 12.1. The van der Waals surface area contributed by atoms with Gasteiger partial charge in [0, 0.05) is 25.7 Å². The van der Waals surface area contributed by atoms with Crippen LogP contribution in [-0.2, 0) is 10.0 Å². The zero-order valence-corrected chi connectivity index (χ0v) is 11.3. The van der Waals surface area contributed by atoms with Gasteiger partial charge in [-0.15, -0.1) is 0 Å². The lowest BCUT2D eigenvalue weighted by molar-refractivity contribution is 0.158. The van der Waals surface area contributed by atoms with Gasteiger partial charge in [-0.1, -0.05) is 0 Å². The minimum atomic E-state index is -3.38. The van der Waals surface area contributed by atoms with Gasteiger partial charge in [0.25, 0.3) is 0 Å². The van der Waals surface area contributed by atoms with Crippen LogP contribution in [0.5, 0.6) is 0 Å². The van der Waals surface area contributed by atoms with Crippen LogP contribution in [0.2, 0.25) is 0 Å². The van der Waals surface area contributed by atoms with E-state index in [0.29, 0.717) is 29.7 Å². The van der Waals surface area contributed by atoms with Gasteiger partial charge in [-0.2, -0.15) is 9.40 Å². The summed E-state index contributed by atoms with van der Waals surface area (Å²) in [5, 5.41) is 6.50. The Hall–Kier alpha value is -0.920. The van der Waals surface area contributed by atoms with Crippen molar-refractivity contribution in [2.45, 2.75) is 30.7 Å². The summed E-state index contributed by atoms with van der Waals surface area (Å²) in [6.45, 7) is 4.91. The second kappa shape index (κ2) is 4.32. The molecule has 1 atom stereocenters. The van der Waals surface area contributed by atoms with Crippen molar-refractivity contribution in [2.75, 3.05) is 26.2 Å². The van der Waals surface area contributed by atoms with E-state index in [1.54, 1.807) is 11.2 Å². The lowest BCUT2D eigenvalue weighted by Crippen LogP contribution is -2.51. The van der Waals surface area contributed by atoms with Crippen LogP contribution in [0.1, 0.15) is 18.5 Å². The smallest absolute Gasteiger partial charge is 0.246 e. The number of fused-ring (bicyclic) bond motifs is 1. The van der Waals surface area contributed by atoms with Gasteiger partial charge in [-0.25, -0.2) is 8.42 Å². The molecule has 3 rings (SSSR count). The number of H-pyrrole nitrogens is 1. The van der Waals surface area contributed by atoms with Crippen LogP contribution in [0.15, 0.2) is 11.1 Å². The maximum absolute atomic E-state index is 12.5. The molecule has 0 unspecified atom stereocenters. The number of hydrogen-bond donors (Lipinski definition) is 1. The monoisotopic (exact) mass is 270 g/mol. The molecule has 0 radical (unpaired) electrons. The molecule has 2 fully saturated rings. The SMILES string of the molecule is Cc1[nH]ncc1S(=O)(=O)N1CCN2CCC[C@@H]2C1. The van der Waals surface area contributed by atoms with E-state index in [9.17, 15) is 8.42 Å². The van der Waals surface area contributed by atoms with Crippen molar-refractivity contribution in [3.8, 4) is 0 Å². The molecular weight excluding hydrogens is 252 g/mol. The number of aromatic nitrogens is 2. The maximum Gasteiger partial charge on any atom is 0.246 e. The highest BCUT2D eigenvalue weighted by Gasteiger charge is 2.37. The van der Waals surface area contributed by atoms with Crippen LogP contribution < -0.4 is 0 Å². The summed E-state index contributed by atoms with van der Waals surface area (Å²) in [4.78, 5) is 2.71. The molecule has 0 spiro atoms. The molecule has 0 aliphatic carbocycles. The molecule has 2 aliphatic rings. The van der Waals surface area contributed by atoms with E-state index in [0.717, 1.165) is 19.5 Å². The number of nitrogens with zero attached hydrogens (tertiary/aromatic N) is 3. The van der Waals surface area contributed by atoms with E-state index >= 15 is 0 Å². The second-order valence-corrected chi connectivity index (χ2v) is 6.96. The van der Waals surface area contributed by atoms with E-state index in [4.69, 9.17) is 0 Å². The Kier molecular flexibility index (Phi) is 2.91. The summed E-state index contributed by atoms with van der Waals surface area (Å²) >= 11 is 0. The Morgan fingerprint density at radius 3 is 2.94 bits per heavy atom. The topological polar surface area (TPSA) is 69.3 Å². The van der Waals surface area contributed by atoms with Crippen molar-refractivity contribution in [1.29, 1.82) is 0 Å². The number of piperazine rings is 1. The second-order valence-electron chi connectivity index (χ2n) is 5.05. The molecule has 6 nitrogen and oxygen atoms in total. The van der Waals surface area contributed by atoms with Gasteiger partial charge in [0.1, 0.15) is 4.90 Å². The number of rotatable bonds is 2. The average Bonchev–Trinajstić information content (AvgIpc) is 2.95. The fourth-order valence-corrected chi connectivity index (χ4v) is 4.51. The van der Waals surface area contributed by atoms with E-state index in [2.05, 4.69) is 15.1 Å².